The zero-order chi connectivity index (χ0) is 14.0. The molecule has 0 aliphatic heterocycles. The van der Waals surface area contributed by atoms with Crippen LogP contribution in [-0.4, -0.2) is 12.1 Å². The molecule has 17 heavy (non-hydrogen) atoms. The van der Waals surface area contributed by atoms with Crippen LogP contribution in [0.3, 0.4) is 0 Å². The van der Waals surface area contributed by atoms with Gasteiger partial charge in [0.05, 0.1) is 0 Å². The van der Waals surface area contributed by atoms with Gasteiger partial charge in [0.15, 0.2) is 0 Å². The molecule has 0 radical (unpaired) electrons. The van der Waals surface area contributed by atoms with Crippen LogP contribution in [0.25, 0.3) is 0 Å². The molecule has 0 saturated heterocycles. The molecule has 0 nitrogen and oxygen atoms in total. The van der Waals surface area contributed by atoms with E-state index in [9.17, 15) is 13.2 Å². The average Bonchev–Trinajstić information content (AvgIpc) is 2.13. The highest BCUT2D eigenvalue weighted by atomic mass is 19.3. The Hall–Kier alpha value is -0.210. The smallest absolute Gasteiger partial charge is 0.241 e. The highest BCUT2D eigenvalue weighted by molar-refractivity contribution is 4.90. The summed E-state index contributed by atoms with van der Waals surface area (Å²) in [5.41, 5.74) is -2.10. The van der Waals surface area contributed by atoms with Crippen molar-refractivity contribution in [2.24, 2.45) is 23.2 Å². The van der Waals surface area contributed by atoms with E-state index in [-0.39, 0.29) is 18.3 Å². The van der Waals surface area contributed by atoms with Crippen molar-refractivity contribution in [3.63, 3.8) is 0 Å². The SMILES string of the molecule is CC(C)[C@@H](C)C(C)(F)CC(C)(C)C(C)C(F)F. The highest BCUT2D eigenvalue weighted by Crippen LogP contribution is 2.43. The molecule has 3 atom stereocenters. The van der Waals surface area contributed by atoms with E-state index >= 15 is 0 Å². The zero-order valence-electron chi connectivity index (χ0n) is 12.2. The van der Waals surface area contributed by atoms with Gasteiger partial charge in [0.25, 0.3) is 0 Å². The quantitative estimate of drug-likeness (QED) is 0.600. The molecule has 0 aromatic heterocycles. The molecule has 0 aromatic carbocycles. The van der Waals surface area contributed by atoms with E-state index < -0.39 is 23.4 Å². The third-order valence-electron chi connectivity index (χ3n) is 4.36. The maximum Gasteiger partial charge on any atom is 0.241 e. The molecule has 0 aliphatic carbocycles. The van der Waals surface area contributed by atoms with Crippen LogP contribution < -0.4 is 0 Å². The molecule has 0 amide bonds. The number of hydrogen-bond acceptors (Lipinski definition) is 0. The first-order valence-electron chi connectivity index (χ1n) is 6.39. The Morgan fingerprint density at radius 3 is 1.59 bits per heavy atom. The highest BCUT2D eigenvalue weighted by Gasteiger charge is 2.42. The van der Waals surface area contributed by atoms with Crippen molar-refractivity contribution >= 4 is 0 Å². The Labute approximate surface area is 104 Å². The third kappa shape index (κ3) is 4.51. The van der Waals surface area contributed by atoms with Gasteiger partial charge >= 0.3 is 0 Å². The van der Waals surface area contributed by atoms with Crippen LogP contribution in [0.4, 0.5) is 13.2 Å². The first-order valence-corrected chi connectivity index (χ1v) is 6.39. The summed E-state index contributed by atoms with van der Waals surface area (Å²) in [5, 5.41) is 0. The number of hydrogen-bond donors (Lipinski definition) is 0. The van der Waals surface area contributed by atoms with Gasteiger partial charge in [0, 0.05) is 5.92 Å². The van der Waals surface area contributed by atoms with E-state index in [0.29, 0.717) is 0 Å². The van der Waals surface area contributed by atoms with E-state index in [1.54, 1.807) is 13.8 Å². The number of rotatable bonds is 6. The van der Waals surface area contributed by atoms with Crippen molar-refractivity contribution in [3.8, 4) is 0 Å². The Morgan fingerprint density at radius 2 is 1.29 bits per heavy atom. The predicted octanol–water partition coefficient (Wildman–Crippen LogP) is 5.32. The third-order valence-corrected chi connectivity index (χ3v) is 4.36. The summed E-state index contributed by atoms with van der Waals surface area (Å²) in [6, 6.07) is 0. The first kappa shape index (κ1) is 16.8. The van der Waals surface area contributed by atoms with Gasteiger partial charge in [0.2, 0.25) is 6.43 Å². The normalized spacial score (nSPS) is 20.5. The molecular formula is C14H27F3. The van der Waals surface area contributed by atoms with Crippen molar-refractivity contribution in [1.29, 1.82) is 0 Å². The molecule has 0 saturated carbocycles. The number of alkyl halides is 3. The lowest BCUT2D eigenvalue weighted by Gasteiger charge is -2.40. The predicted molar refractivity (Wildman–Crippen MR) is 67.1 cm³/mol. The molecule has 0 aliphatic rings. The molecule has 0 N–H and O–H groups in total. The standard InChI is InChI=1S/C14H27F3/c1-9(2)10(3)14(7,17)8-13(5,6)11(4)12(15)16/h9-12H,8H2,1-7H3/t10-,11?,14?/m1/s1. The van der Waals surface area contributed by atoms with Crippen molar-refractivity contribution in [2.75, 3.05) is 0 Å². The molecular weight excluding hydrogens is 225 g/mol. The lowest BCUT2D eigenvalue weighted by Crippen LogP contribution is -2.40. The van der Waals surface area contributed by atoms with E-state index in [4.69, 9.17) is 0 Å². The second-order valence-electron chi connectivity index (χ2n) is 6.60. The van der Waals surface area contributed by atoms with Gasteiger partial charge in [0.1, 0.15) is 5.67 Å². The fourth-order valence-electron chi connectivity index (χ4n) is 2.25. The lowest BCUT2D eigenvalue weighted by atomic mass is 9.68. The van der Waals surface area contributed by atoms with E-state index in [1.165, 1.54) is 13.8 Å². The zero-order valence-corrected chi connectivity index (χ0v) is 12.2. The molecule has 0 spiro atoms. The van der Waals surface area contributed by atoms with Gasteiger partial charge in [-0.05, 0) is 30.6 Å². The van der Waals surface area contributed by atoms with E-state index in [1.807, 2.05) is 20.8 Å². The van der Waals surface area contributed by atoms with Gasteiger partial charge in [-0.25, -0.2) is 13.2 Å². The summed E-state index contributed by atoms with van der Waals surface area (Å²) >= 11 is 0. The van der Waals surface area contributed by atoms with Crippen molar-refractivity contribution < 1.29 is 13.2 Å². The second kappa shape index (κ2) is 5.62. The second-order valence-corrected chi connectivity index (χ2v) is 6.60. The first-order chi connectivity index (χ1) is 7.42. The van der Waals surface area contributed by atoms with Gasteiger partial charge in [-0.3, -0.25) is 0 Å². The van der Waals surface area contributed by atoms with Gasteiger partial charge in [-0.15, -0.1) is 0 Å². The van der Waals surface area contributed by atoms with Gasteiger partial charge in [-0.1, -0.05) is 41.5 Å². The molecule has 3 heteroatoms. The van der Waals surface area contributed by atoms with E-state index in [2.05, 4.69) is 0 Å². The summed E-state index contributed by atoms with van der Waals surface area (Å²) in [5.74, 6) is -0.716. The molecule has 0 bridgehead atoms. The van der Waals surface area contributed by atoms with Crippen LogP contribution >= 0.6 is 0 Å². The minimum atomic E-state index is -2.39. The van der Waals surface area contributed by atoms with Crippen molar-refractivity contribution in [2.45, 2.75) is 67.0 Å². The van der Waals surface area contributed by atoms with Gasteiger partial charge < -0.3 is 0 Å². The summed E-state index contributed by atoms with van der Waals surface area (Å²) < 4.78 is 40.1. The van der Waals surface area contributed by atoms with Crippen LogP contribution in [-0.2, 0) is 0 Å². The Balaban J connectivity index is 4.81. The maximum absolute atomic E-state index is 14.6. The van der Waals surface area contributed by atoms with Crippen LogP contribution in [0.2, 0.25) is 0 Å². The topological polar surface area (TPSA) is 0 Å². The molecule has 0 fully saturated rings. The Kier molecular flexibility index (Phi) is 5.55. The maximum atomic E-state index is 14.6. The summed E-state index contributed by atoms with van der Waals surface area (Å²) in [7, 11) is 0. The fraction of sp³-hybridized carbons (Fsp3) is 1.00. The van der Waals surface area contributed by atoms with Crippen LogP contribution in [0.15, 0.2) is 0 Å². The van der Waals surface area contributed by atoms with Crippen LogP contribution in [0, 0.1) is 23.2 Å². The molecule has 0 aromatic rings. The largest absolute Gasteiger partial charge is 0.244 e. The minimum absolute atomic E-state index is 0.133. The van der Waals surface area contributed by atoms with Crippen LogP contribution in [0.5, 0.6) is 0 Å². The molecule has 2 unspecified atom stereocenters. The average molecular weight is 252 g/mol. The van der Waals surface area contributed by atoms with Crippen molar-refractivity contribution in [3.05, 3.63) is 0 Å². The van der Waals surface area contributed by atoms with Crippen molar-refractivity contribution in [1.82, 2.24) is 0 Å². The molecule has 104 valence electrons. The Bertz CT molecular complexity index is 208. The van der Waals surface area contributed by atoms with E-state index in [0.717, 1.165) is 0 Å². The van der Waals surface area contributed by atoms with Crippen LogP contribution in [0.1, 0.15) is 54.9 Å². The molecule has 0 rings (SSSR count). The monoisotopic (exact) mass is 252 g/mol. The molecule has 0 heterocycles. The summed E-state index contributed by atoms with van der Waals surface area (Å²) in [6.45, 7) is 12.3. The minimum Gasteiger partial charge on any atom is -0.244 e. The lowest BCUT2D eigenvalue weighted by molar-refractivity contribution is -0.0324. The fourth-order valence-corrected chi connectivity index (χ4v) is 2.25. The summed E-state index contributed by atoms with van der Waals surface area (Å²) in [4.78, 5) is 0. The van der Waals surface area contributed by atoms with Gasteiger partial charge in [-0.2, -0.15) is 0 Å². The Morgan fingerprint density at radius 1 is 0.882 bits per heavy atom. The number of halogens is 3. The summed E-state index contributed by atoms with van der Waals surface area (Å²) in [6.07, 6.45) is -2.22.